The Hall–Kier alpha value is -3.10. The first kappa shape index (κ1) is 23.1. The Balaban J connectivity index is 1.53. The summed E-state index contributed by atoms with van der Waals surface area (Å²) in [5.41, 5.74) is 1.69. The van der Waals surface area contributed by atoms with Gasteiger partial charge in [-0.1, -0.05) is 36.4 Å². The highest BCUT2D eigenvalue weighted by Gasteiger charge is 2.25. The molecule has 1 fully saturated rings. The van der Waals surface area contributed by atoms with E-state index in [1.807, 2.05) is 49.2 Å². The van der Waals surface area contributed by atoms with Gasteiger partial charge in [-0.2, -0.15) is 0 Å². The summed E-state index contributed by atoms with van der Waals surface area (Å²) in [6.45, 7) is 5.45. The maximum Gasteiger partial charge on any atom is 0.275 e. The molecule has 4 rings (SSSR count). The van der Waals surface area contributed by atoms with Crippen LogP contribution >= 0.6 is 0 Å². The van der Waals surface area contributed by atoms with Gasteiger partial charge in [0.25, 0.3) is 5.91 Å². The Kier molecular flexibility index (Phi) is 7.15. The average Bonchev–Trinajstić information content (AvgIpc) is 3.29. The molecule has 0 radical (unpaired) electrons. The summed E-state index contributed by atoms with van der Waals surface area (Å²) >= 11 is 0. The predicted octanol–water partition coefficient (Wildman–Crippen LogP) is 4.10. The molecule has 0 saturated carbocycles. The van der Waals surface area contributed by atoms with Crippen molar-refractivity contribution in [3.63, 3.8) is 0 Å². The third-order valence-corrected chi connectivity index (χ3v) is 6.12. The number of benzene rings is 2. The number of hydrogen-bond acceptors (Lipinski definition) is 5. The fourth-order valence-electron chi connectivity index (χ4n) is 3.97. The van der Waals surface area contributed by atoms with Crippen LogP contribution in [0, 0.1) is 11.6 Å². The number of piperazine rings is 1. The van der Waals surface area contributed by atoms with Crippen LogP contribution in [-0.4, -0.2) is 58.8 Å². The topological polar surface area (TPSA) is 52.8 Å². The van der Waals surface area contributed by atoms with Gasteiger partial charge >= 0.3 is 0 Å². The molecule has 1 aromatic heterocycles. The third kappa shape index (κ3) is 5.64. The summed E-state index contributed by atoms with van der Waals surface area (Å²) in [5, 5.41) is 0. The van der Waals surface area contributed by atoms with Crippen LogP contribution in [0.4, 0.5) is 8.78 Å². The largest absolute Gasteiger partial charge is 0.447 e. The molecular weight excluding hydrogens is 426 g/mol. The first-order valence-electron chi connectivity index (χ1n) is 11.1. The number of amides is 1. The monoisotopic (exact) mass is 454 g/mol. The minimum Gasteiger partial charge on any atom is -0.447 e. The second-order valence-electron chi connectivity index (χ2n) is 8.45. The number of rotatable bonds is 7. The van der Waals surface area contributed by atoms with Crippen molar-refractivity contribution in [1.82, 2.24) is 19.7 Å². The van der Waals surface area contributed by atoms with E-state index in [0.29, 0.717) is 24.5 Å². The SMILES string of the molecule is CC(c1ccccc1)N(Cc1nc(C(=O)N2CCN(C)CC2)co1)Cc1ccc(F)cc1F. The van der Waals surface area contributed by atoms with Crippen LogP contribution in [0.5, 0.6) is 0 Å². The van der Waals surface area contributed by atoms with Gasteiger partial charge < -0.3 is 14.2 Å². The molecule has 0 bridgehead atoms. The number of hydrogen-bond donors (Lipinski definition) is 0. The van der Waals surface area contributed by atoms with E-state index in [2.05, 4.69) is 9.88 Å². The minimum atomic E-state index is -0.612. The van der Waals surface area contributed by atoms with Crippen LogP contribution in [0.2, 0.25) is 0 Å². The van der Waals surface area contributed by atoms with Crippen LogP contribution in [0.15, 0.2) is 59.2 Å². The van der Waals surface area contributed by atoms with E-state index in [9.17, 15) is 13.6 Å². The number of oxazole rings is 1. The first-order chi connectivity index (χ1) is 15.9. The average molecular weight is 455 g/mol. The molecule has 0 spiro atoms. The van der Waals surface area contributed by atoms with Crippen LogP contribution < -0.4 is 0 Å². The summed E-state index contributed by atoms with van der Waals surface area (Å²) in [6.07, 6.45) is 1.39. The molecule has 0 N–H and O–H groups in total. The van der Waals surface area contributed by atoms with Crippen molar-refractivity contribution >= 4 is 5.91 Å². The van der Waals surface area contributed by atoms with Gasteiger partial charge in [0, 0.05) is 50.4 Å². The number of carbonyl (C=O) groups is 1. The van der Waals surface area contributed by atoms with E-state index in [1.165, 1.54) is 18.4 Å². The lowest BCUT2D eigenvalue weighted by atomic mass is 10.1. The number of carbonyl (C=O) groups excluding carboxylic acids is 1. The fraction of sp³-hybridized carbons (Fsp3) is 0.360. The summed E-state index contributed by atoms with van der Waals surface area (Å²) < 4.78 is 33.4. The van der Waals surface area contributed by atoms with E-state index in [0.717, 1.165) is 24.7 Å². The van der Waals surface area contributed by atoms with Gasteiger partial charge in [-0.3, -0.25) is 9.69 Å². The standard InChI is InChI=1S/C25H28F2N4O2/c1-18(19-6-4-3-5-7-19)31(15-20-8-9-21(26)14-22(20)27)16-24-28-23(17-33-24)25(32)30-12-10-29(2)11-13-30/h3-9,14,17-18H,10-13,15-16H2,1-2H3. The normalized spacial score (nSPS) is 15.7. The molecule has 1 aliphatic rings. The van der Waals surface area contributed by atoms with E-state index < -0.39 is 11.6 Å². The molecule has 33 heavy (non-hydrogen) atoms. The second kappa shape index (κ2) is 10.2. The lowest BCUT2D eigenvalue weighted by Gasteiger charge is -2.31. The Morgan fingerprint density at radius 1 is 1.09 bits per heavy atom. The number of aromatic nitrogens is 1. The van der Waals surface area contributed by atoms with Crippen molar-refractivity contribution in [2.45, 2.75) is 26.1 Å². The van der Waals surface area contributed by atoms with Gasteiger partial charge in [-0.25, -0.2) is 13.8 Å². The molecular formula is C25H28F2N4O2. The molecule has 8 heteroatoms. The molecule has 6 nitrogen and oxygen atoms in total. The van der Waals surface area contributed by atoms with Crippen molar-refractivity contribution in [2.24, 2.45) is 0 Å². The van der Waals surface area contributed by atoms with Gasteiger partial charge in [0.2, 0.25) is 5.89 Å². The highest BCUT2D eigenvalue weighted by molar-refractivity contribution is 5.92. The fourth-order valence-corrected chi connectivity index (χ4v) is 3.97. The van der Waals surface area contributed by atoms with Gasteiger partial charge in [0.1, 0.15) is 17.9 Å². The highest BCUT2D eigenvalue weighted by atomic mass is 19.1. The number of halogens is 2. The molecule has 2 aromatic carbocycles. The number of nitrogens with zero attached hydrogens (tertiary/aromatic N) is 4. The molecule has 1 saturated heterocycles. The zero-order valence-electron chi connectivity index (χ0n) is 18.9. The van der Waals surface area contributed by atoms with Crippen LogP contribution in [0.1, 0.15) is 40.5 Å². The quantitative estimate of drug-likeness (QED) is 0.538. The third-order valence-electron chi connectivity index (χ3n) is 6.12. The first-order valence-corrected chi connectivity index (χ1v) is 11.1. The Morgan fingerprint density at radius 3 is 2.52 bits per heavy atom. The van der Waals surface area contributed by atoms with E-state index in [4.69, 9.17) is 4.42 Å². The van der Waals surface area contributed by atoms with Crippen molar-refractivity contribution in [1.29, 1.82) is 0 Å². The Bertz CT molecular complexity index is 1080. The molecule has 3 aromatic rings. The lowest BCUT2D eigenvalue weighted by molar-refractivity contribution is 0.0658. The maximum absolute atomic E-state index is 14.4. The molecule has 1 amide bonds. The van der Waals surface area contributed by atoms with E-state index in [1.54, 1.807) is 4.90 Å². The molecule has 1 atom stereocenters. The van der Waals surface area contributed by atoms with Crippen molar-refractivity contribution < 1.29 is 18.0 Å². The molecule has 0 aliphatic carbocycles. The van der Waals surface area contributed by atoms with Gasteiger partial charge in [-0.05, 0) is 25.6 Å². The molecule has 174 valence electrons. The van der Waals surface area contributed by atoms with E-state index >= 15 is 0 Å². The summed E-state index contributed by atoms with van der Waals surface area (Å²) in [6, 6.07) is 13.3. The zero-order valence-corrected chi connectivity index (χ0v) is 18.9. The van der Waals surface area contributed by atoms with Crippen molar-refractivity contribution in [3.05, 3.63) is 89.1 Å². The minimum absolute atomic E-state index is 0.0978. The van der Waals surface area contributed by atoms with Gasteiger partial charge in [0.05, 0.1) is 6.54 Å². The predicted molar refractivity (Wildman–Crippen MR) is 120 cm³/mol. The Labute approximate surface area is 192 Å². The highest BCUT2D eigenvalue weighted by Crippen LogP contribution is 2.25. The lowest BCUT2D eigenvalue weighted by Crippen LogP contribution is -2.47. The van der Waals surface area contributed by atoms with Crippen molar-refractivity contribution in [3.8, 4) is 0 Å². The summed E-state index contributed by atoms with van der Waals surface area (Å²) in [4.78, 5) is 23.2. The number of likely N-dealkylation sites (N-methyl/N-ethyl adjacent to an activating group) is 1. The summed E-state index contributed by atoms with van der Waals surface area (Å²) in [7, 11) is 2.03. The Morgan fingerprint density at radius 2 is 1.82 bits per heavy atom. The zero-order chi connectivity index (χ0) is 23.4. The second-order valence-corrected chi connectivity index (χ2v) is 8.45. The van der Waals surface area contributed by atoms with Crippen LogP contribution in [0.3, 0.4) is 0 Å². The molecule has 2 heterocycles. The summed E-state index contributed by atoms with van der Waals surface area (Å²) in [5.74, 6) is -0.986. The van der Waals surface area contributed by atoms with E-state index in [-0.39, 0.29) is 30.7 Å². The van der Waals surface area contributed by atoms with Crippen LogP contribution in [-0.2, 0) is 13.1 Å². The van der Waals surface area contributed by atoms with Gasteiger partial charge in [0.15, 0.2) is 5.69 Å². The van der Waals surface area contributed by atoms with Gasteiger partial charge in [-0.15, -0.1) is 0 Å². The molecule has 1 aliphatic heterocycles. The molecule has 1 unspecified atom stereocenters. The van der Waals surface area contributed by atoms with Crippen LogP contribution in [0.25, 0.3) is 0 Å². The smallest absolute Gasteiger partial charge is 0.275 e. The van der Waals surface area contributed by atoms with Crippen molar-refractivity contribution in [2.75, 3.05) is 33.2 Å². The maximum atomic E-state index is 14.4.